The number of hydrogen-bond acceptors (Lipinski definition) is 3. The van der Waals surface area contributed by atoms with E-state index in [4.69, 9.17) is 9.84 Å². The molecule has 0 heterocycles. The molecule has 0 aliphatic carbocycles. The summed E-state index contributed by atoms with van der Waals surface area (Å²) in [4.78, 5) is 10.6. The highest BCUT2D eigenvalue weighted by molar-refractivity contribution is 5.87. The highest BCUT2D eigenvalue weighted by atomic mass is 16.5. The fourth-order valence-corrected chi connectivity index (χ4v) is 1.31. The minimum Gasteiger partial charge on any atom is -0.492 e. The molecule has 17 heavy (non-hydrogen) atoms. The van der Waals surface area contributed by atoms with Crippen molar-refractivity contribution in [3.8, 4) is 5.75 Å². The van der Waals surface area contributed by atoms with Gasteiger partial charge in [0.25, 0.3) is 0 Å². The molecule has 2 N–H and O–H groups in total. The maximum Gasteiger partial charge on any atom is 0.335 e. The number of carboxylic acid groups (broad SMARTS) is 1. The molecule has 1 unspecified atom stereocenters. The first-order valence-corrected chi connectivity index (χ1v) is 5.83. The molecule has 1 aromatic rings. The van der Waals surface area contributed by atoms with Gasteiger partial charge in [-0.25, -0.2) is 4.79 Å². The zero-order valence-corrected chi connectivity index (χ0v) is 10.3. The third kappa shape index (κ3) is 4.87. The summed E-state index contributed by atoms with van der Waals surface area (Å²) in [6, 6.07) is 6.92. The molecule has 94 valence electrons. The largest absolute Gasteiger partial charge is 0.492 e. The van der Waals surface area contributed by atoms with Crippen LogP contribution < -0.4 is 10.1 Å². The predicted octanol–water partition coefficient (Wildman–Crippen LogP) is 2.15. The van der Waals surface area contributed by atoms with Gasteiger partial charge in [-0.1, -0.05) is 6.92 Å². The number of nitrogens with one attached hydrogen (secondary N) is 1. The van der Waals surface area contributed by atoms with E-state index in [9.17, 15) is 4.79 Å². The highest BCUT2D eigenvalue weighted by Crippen LogP contribution is 2.11. The summed E-state index contributed by atoms with van der Waals surface area (Å²) in [6.07, 6.45) is 1.09. The Morgan fingerprint density at radius 3 is 2.59 bits per heavy atom. The third-order valence-electron chi connectivity index (χ3n) is 2.58. The van der Waals surface area contributed by atoms with Gasteiger partial charge in [0.05, 0.1) is 5.56 Å². The van der Waals surface area contributed by atoms with Crippen LogP contribution in [0.2, 0.25) is 0 Å². The monoisotopic (exact) mass is 237 g/mol. The molecule has 0 aromatic heterocycles. The van der Waals surface area contributed by atoms with Gasteiger partial charge in [-0.05, 0) is 37.6 Å². The average Bonchev–Trinajstić information content (AvgIpc) is 2.34. The van der Waals surface area contributed by atoms with Crippen molar-refractivity contribution in [2.24, 2.45) is 0 Å². The quantitative estimate of drug-likeness (QED) is 0.713. The van der Waals surface area contributed by atoms with E-state index < -0.39 is 5.97 Å². The Kier molecular flexibility index (Phi) is 5.49. The minimum absolute atomic E-state index is 0.273. The van der Waals surface area contributed by atoms with E-state index in [1.807, 2.05) is 0 Å². The Balaban J connectivity index is 2.30. The second-order valence-electron chi connectivity index (χ2n) is 3.94. The van der Waals surface area contributed by atoms with Crippen LogP contribution in [0.5, 0.6) is 5.75 Å². The lowest BCUT2D eigenvalue weighted by Crippen LogP contribution is -2.29. The lowest BCUT2D eigenvalue weighted by molar-refractivity contribution is 0.0697. The number of aromatic carboxylic acids is 1. The molecule has 0 aliphatic heterocycles. The van der Waals surface area contributed by atoms with Crippen molar-refractivity contribution in [1.82, 2.24) is 5.32 Å². The molecule has 0 spiro atoms. The molecule has 1 rings (SSSR count). The first kappa shape index (κ1) is 13.5. The molecule has 0 saturated carbocycles. The number of rotatable bonds is 7. The Bertz CT molecular complexity index is 348. The first-order chi connectivity index (χ1) is 8.13. The van der Waals surface area contributed by atoms with Crippen molar-refractivity contribution in [3.05, 3.63) is 29.8 Å². The van der Waals surface area contributed by atoms with Crippen LogP contribution in [0.3, 0.4) is 0 Å². The van der Waals surface area contributed by atoms with Gasteiger partial charge in [0.15, 0.2) is 0 Å². The van der Waals surface area contributed by atoms with E-state index in [2.05, 4.69) is 19.2 Å². The van der Waals surface area contributed by atoms with Crippen LogP contribution in [0, 0.1) is 0 Å². The Labute approximate surface area is 102 Å². The Hall–Kier alpha value is -1.55. The van der Waals surface area contributed by atoms with Crippen LogP contribution in [-0.2, 0) is 0 Å². The molecule has 0 amide bonds. The van der Waals surface area contributed by atoms with Gasteiger partial charge in [0.1, 0.15) is 12.4 Å². The number of ether oxygens (including phenoxy) is 1. The Morgan fingerprint density at radius 1 is 1.41 bits per heavy atom. The van der Waals surface area contributed by atoms with Crippen molar-refractivity contribution >= 4 is 5.97 Å². The summed E-state index contributed by atoms with van der Waals surface area (Å²) < 4.78 is 5.48. The molecule has 0 aliphatic rings. The Morgan fingerprint density at radius 2 is 2.06 bits per heavy atom. The SMILES string of the molecule is CCC(C)NCCOc1ccc(C(=O)O)cc1. The lowest BCUT2D eigenvalue weighted by atomic mass is 10.2. The van der Waals surface area contributed by atoms with Gasteiger partial charge >= 0.3 is 5.97 Å². The van der Waals surface area contributed by atoms with E-state index in [1.165, 1.54) is 0 Å². The second-order valence-corrected chi connectivity index (χ2v) is 3.94. The summed E-state index contributed by atoms with van der Waals surface area (Å²) in [5.41, 5.74) is 0.273. The highest BCUT2D eigenvalue weighted by Gasteiger charge is 2.02. The third-order valence-corrected chi connectivity index (χ3v) is 2.58. The molecule has 0 saturated heterocycles. The molecule has 0 bridgehead atoms. The average molecular weight is 237 g/mol. The van der Waals surface area contributed by atoms with Gasteiger partial charge in [0, 0.05) is 12.6 Å². The van der Waals surface area contributed by atoms with E-state index in [0.29, 0.717) is 18.4 Å². The van der Waals surface area contributed by atoms with E-state index in [-0.39, 0.29) is 5.56 Å². The van der Waals surface area contributed by atoms with Crippen molar-refractivity contribution in [1.29, 1.82) is 0 Å². The van der Waals surface area contributed by atoms with Crippen LogP contribution in [0.4, 0.5) is 0 Å². The van der Waals surface area contributed by atoms with Crippen molar-refractivity contribution in [2.75, 3.05) is 13.2 Å². The maximum absolute atomic E-state index is 10.6. The zero-order chi connectivity index (χ0) is 12.7. The van der Waals surface area contributed by atoms with Gasteiger partial charge in [-0.3, -0.25) is 0 Å². The summed E-state index contributed by atoms with van der Waals surface area (Å²) in [5, 5.41) is 12.0. The fraction of sp³-hybridized carbons (Fsp3) is 0.462. The van der Waals surface area contributed by atoms with Crippen molar-refractivity contribution < 1.29 is 14.6 Å². The minimum atomic E-state index is -0.921. The number of carbonyl (C=O) groups is 1. The van der Waals surface area contributed by atoms with Gasteiger partial charge in [-0.2, -0.15) is 0 Å². The van der Waals surface area contributed by atoms with Crippen LogP contribution in [0.1, 0.15) is 30.6 Å². The molecular weight excluding hydrogens is 218 g/mol. The van der Waals surface area contributed by atoms with Gasteiger partial charge in [-0.15, -0.1) is 0 Å². The van der Waals surface area contributed by atoms with Crippen LogP contribution in [0.15, 0.2) is 24.3 Å². The molecule has 0 fully saturated rings. The van der Waals surface area contributed by atoms with E-state index in [0.717, 1.165) is 13.0 Å². The lowest BCUT2D eigenvalue weighted by Gasteiger charge is -2.11. The first-order valence-electron chi connectivity index (χ1n) is 5.83. The van der Waals surface area contributed by atoms with Crippen LogP contribution >= 0.6 is 0 Å². The molecule has 0 radical (unpaired) electrons. The van der Waals surface area contributed by atoms with Gasteiger partial charge in [0.2, 0.25) is 0 Å². The van der Waals surface area contributed by atoms with Gasteiger partial charge < -0.3 is 15.2 Å². The molecule has 4 nitrogen and oxygen atoms in total. The predicted molar refractivity (Wildman–Crippen MR) is 66.7 cm³/mol. The smallest absolute Gasteiger partial charge is 0.335 e. The summed E-state index contributed by atoms with van der Waals surface area (Å²) in [7, 11) is 0. The number of carboxylic acids is 1. The summed E-state index contributed by atoms with van der Waals surface area (Å²) >= 11 is 0. The summed E-state index contributed by atoms with van der Waals surface area (Å²) in [6.45, 7) is 5.62. The molecule has 1 atom stereocenters. The van der Waals surface area contributed by atoms with Crippen LogP contribution in [0.25, 0.3) is 0 Å². The molecule has 1 aromatic carbocycles. The fourth-order valence-electron chi connectivity index (χ4n) is 1.31. The second kappa shape index (κ2) is 6.91. The van der Waals surface area contributed by atoms with E-state index >= 15 is 0 Å². The van der Waals surface area contributed by atoms with Crippen molar-refractivity contribution in [3.63, 3.8) is 0 Å². The standard InChI is InChI=1S/C13H19NO3/c1-3-10(2)14-8-9-17-12-6-4-11(5-7-12)13(15)16/h4-7,10,14H,3,8-9H2,1-2H3,(H,15,16). The molecular formula is C13H19NO3. The van der Waals surface area contributed by atoms with Crippen molar-refractivity contribution in [2.45, 2.75) is 26.3 Å². The summed E-state index contributed by atoms with van der Waals surface area (Å²) in [5.74, 6) is -0.226. The number of benzene rings is 1. The topological polar surface area (TPSA) is 58.6 Å². The normalized spacial score (nSPS) is 12.1. The van der Waals surface area contributed by atoms with Crippen LogP contribution in [-0.4, -0.2) is 30.3 Å². The van der Waals surface area contributed by atoms with E-state index in [1.54, 1.807) is 24.3 Å². The zero-order valence-electron chi connectivity index (χ0n) is 10.3. The number of hydrogen-bond donors (Lipinski definition) is 2. The molecule has 4 heteroatoms. The maximum atomic E-state index is 10.6.